The van der Waals surface area contributed by atoms with Crippen LogP contribution in [0.3, 0.4) is 0 Å². The molecule has 0 fully saturated rings. The molecule has 0 saturated heterocycles. The summed E-state index contributed by atoms with van der Waals surface area (Å²) >= 11 is 6.44. The number of halogens is 2. The minimum Gasteiger partial charge on any atom is -0.871 e. The molecule has 0 aliphatic rings. The Morgan fingerprint density at radius 3 is 2.29 bits per heavy atom. The standard InChI is InChI=1S/C9H7Br2NO3.2C4H9.Sn/c10-6-1-5(3-12-4-8(13)14)9(15)7(11)2-6;2*1-3-4-2;/h1-3,15H,4H2,(H,13,14);2*1,3-4H2,2H3;/q;;;+2/p-2. The van der Waals surface area contributed by atoms with Gasteiger partial charge in [0, 0.05) is 15.2 Å². The van der Waals surface area contributed by atoms with Crippen molar-refractivity contribution in [1.29, 1.82) is 0 Å². The molecule has 0 unspecified atom stereocenters. The summed E-state index contributed by atoms with van der Waals surface area (Å²) in [6, 6.07) is 3.17. The smallest absolute Gasteiger partial charge is 0.0785 e. The number of carboxylic acid groups (broad SMARTS) is 1. The molecule has 1 aromatic rings. The van der Waals surface area contributed by atoms with Gasteiger partial charge in [0.1, 0.15) is 0 Å². The van der Waals surface area contributed by atoms with Gasteiger partial charge < -0.3 is 15.0 Å². The number of hydrogen-bond donors (Lipinski definition) is 0. The molecule has 4 nitrogen and oxygen atoms in total. The summed E-state index contributed by atoms with van der Waals surface area (Å²) < 4.78 is 4.36. The van der Waals surface area contributed by atoms with E-state index in [-0.39, 0.29) is 26.9 Å². The molecule has 0 bridgehead atoms. The molecular formula is C17H23Br2NO3Sn. The van der Waals surface area contributed by atoms with Gasteiger partial charge in [-0.2, -0.15) is 0 Å². The molecule has 0 radical (unpaired) electrons. The summed E-state index contributed by atoms with van der Waals surface area (Å²) in [7, 11) is 0. The first-order valence-electron chi connectivity index (χ1n) is 7.98. The van der Waals surface area contributed by atoms with Gasteiger partial charge in [0.15, 0.2) is 0 Å². The van der Waals surface area contributed by atoms with Gasteiger partial charge in [-0.3, -0.25) is 4.99 Å². The zero-order valence-corrected chi connectivity index (χ0v) is 20.1. The molecule has 0 aliphatic carbocycles. The van der Waals surface area contributed by atoms with E-state index in [1.165, 1.54) is 31.9 Å². The molecule has 0 atom stereocenters. The number of hydrogen-bond acceptors (Lipinski definition) is 4. The number of benzene rings is 1. The normalized spacial score (nSPS) is 10.2. The van der Waals surface area contributed by atoms with Crippen LogP contribution < -0.4 is 10.2 Å². The quantitative estimate of drug-likeness (QED) is 0.260. The molecule has 0 amide bonds. The van der Waals surface area contributed by atoms with Crippen LogP contribution >= 0.6 is 31.9 Å². The first-order valence-corrected chi connectivity index (χ1v) is 13.6. The number of carbonyl (C=O) groups is 1. The van der Waals surface area contributed by atoms with Crippen molar-refractivity contribution in [3.05, 3.63) is 26.6 Å². The molecule has 0 heterocycles. The van der Waals surface area contributed by atoms with Gasteiger partial charge in [-0.05, 0) is 17.7 Å². The van der Waals surface area contributed by atoms with Crippen LogP contribution in [-0.2, 0) is 4.79 Å². The SMILES string of the molecule is CCC[CH2][Sn+2][CH2]CCC.O=C([O-])CN=Cc1cc(Br)cc(Br)c1[O-]. The Labute approximate surface area is 171 Å². The molecule has 132 valence electrons. The summed E-state index contributed by atoms with van der Waals surface area (Å²) in [6.45, 7) is 4.13. The third kappa shape index (κ3) is 12.3. The van der Waals surface area contributed by atoms with Crippen molar-refractivity contribution in [3.8, 4) is 5.75 Å². The third-order valence-corrected chi connectivity index (χ3v) is 7.99. The van der Waals surface area contributed by atoms with Crippen LogP contribution in [0.25, 0.3) is 0 Å². The average molecular weight is 568 g/mol. The third-order valence-electron chi connectivity index (χ3n) is 2.90. The average Bonchev–Trinajstić information content (AvgIpc) is 2.52. The number of aliphatic carboxylic acids is 1. The van der Waals surface area contributed by atoms with Crippen LogP contribution in [-0.4, -0.2) is 39.9 Å². The minimum absolute atomic E-state index is 0.149. The van der Waals surface area contributed by atoms with Crippen LogP contribution in [0.2, 0.25) is 8.87 Å². The molecule has 0 spiro atoms. The summed E-state index contributed by atoms with van der Waals surface area (Å²) in [5.74, 6) is -1.52. The fourth-order valence-electron chi connectivity index (χ4n) is 1.62. The summed E-state index contributed by atoms with van der Waals surface area (Å²) in [4.78, 5) is 13.6. The Morgan fingerprint density at radius 2 is 1.79 bits per heavy atom. The van der Waals surface area contributed by atoms with Gasteiger partial charge >= 0.3 is 69.5 Å². The Morgan fingerprint density at radius 1 is 1.21 bits per heavy atom. The van der Waals surface area contributed by atoms with Crippen molar-refractivity contribution < 1.29 is 15.0 Å². The van der Waals surface area contributed by atoms with Gasteiger partial charge in [0.05, 0.1) is 12.5 Å². The van der Waals surface area contributed by atoms with Crippen LogP contribution in [0.15, 0.2) is 26.1 Å². The molecule has 7 heteroatoms. The van der Waals surface area contributed by atoms with Gasteiger partial charge in [-0.15, -0.1) is 0 Å². The Balaban J connectivity index is 0.000000506. The molecule has 0 aliphatic heterocycles. The number of aliphatic imine (C=N–C) groups is 1. The van der Waals surface area contributed by atoms with Crippen molar-refractivity contribution >= 4 is 65.2 Å². The predicted octanol–water partition coefficient (Wildman–Crippen LogP) is 3.58. The van der Waals surface area contributed by atoms with Crippen molar-refractivity contribution in [1.82, 2.24) is 0 Å². The van der Waals surface area contributed by atoms with E-state index in [0.29, 0.717) is 14.5 Å². The monoisotopic (exact) mass is 567 g/mol. The van der Waals surface area contributed by atoms with Crippen LogP contribution in [0, 0.1) is 0 Å². The second-order valence-corrected chi connectivity index (χ2v) is 11.2. The fourth-order valence-corrected chi connectivity index (χ4v) is 7.04. The summed E-state index contributed by atoms with van der Waals surface area (Å²) in [5.41, 5.74) is 0.317. The molecule has 24 heavy (non-hydrogen) atoms. The molecule has 1 aromatic carbocycles. The molecule has 0 aromatic heterocycles. The number of nitrogens with zero attached hydrogens (tertiary/aromatic N) is 1. The van der Waals surface area contributed by atoms with E-state index < -0.39 is 12.5 Å². The van der Waals surface area contributed by atoms with Crippen LogP contribution in [0.5, 0.6) is 5.75 Å². The van der Waals surface area contributed by atoms with Crippen molar-refractivity contribution in [3.63, 3.8) is 0 Å². The van der Waals surface area contributed by atoms with Gasteiger partial charge in [0.25, 0.3) is 0 Å². The van der Waals surface area contributed by atoms with Crippen molar-refractivity contribution in [2.24, 2.45) is 4.99 Å². The Kier molecular flexibility index (Phi) is 15.1. The maximum atomic E-state index is 11.5. The van der Waals surface area contributed by atoms with Gasteiger partial charge in [-0.1, -0.05) is 37.6 Å². The molecular weight excluding hydrogens is 545 g/mol. The number of carboxylic acids is 1. The van der Waals surface area contributed by atoms with Gasteiger partial charge in [0.2, 0.25) is 0 Å². The van der Waals surface area contributed by atoms with E-state index in [1.54, 1.807) is 21.0 Å². The van der Waals surface area contributed by atoms with Gasteiger partial charge in [-0.25, -0.2) is 0 Å². The maximum absolute atomic E-state index is 11.5. The molecule has 1 rings (SSSR count). The summed E-state index contributed by atoms with van der Waals surface area (Å²) in [5, 5.41) is 21.6. The van der Waals surface area contributed by atoms with E-state index in [1.807, 2.05) is 0 Å². The second kappa shape index (κ2) is 15.2. The predicted molar refractivity (Wildman–Crippen MR) is 104 cm³/mol. The number of rotatable bonds is 9. The van der Waals surface area contributed by atoms with E-state index in [4.69, 9.17) is 0 Å². The zero-order valence-electron chi connectivity index (χ0n) is 14.1. The molecule has 0 saturated carbocycles. The van der Waals surface area contributed by atoms with Crippen molar-refractivity contribution in [2.75, 3.05) is 6.54 Å². The second-order valence-electron chi connectivity index (χ2n) is 5.10. The van der Waals surface area contributed by atoms with Crippen LogP contribution in [0.4, 0.5) is 0 Å². The topological polar surface area (TPSA) is 75.5 Å². The number of carbonyl (C=O) groups excluding carboxylic acids is 1. The largest absolute Gasteiger partial charge is 0.871 e. The first kappa shape index (κ1) is 23.9. The fraction of sp³-hybridized carbons (Fsp3) is 0.529. The van der Waals surface area contributed by atoms with E-state index in [9.17, 15) is 15.0 Å². The van der Waals surface area contributed by atoms with Crippen molar-refractivity contribution in [2.45, 2.75) is 48.4 Å². The molecule has 0 N–H and O–H groups in total. The summed E-state index contributed by atoms with van der Waals surface area (Å²) in [6.07, 6.45) is 7.05. The first-order chi connectivity index (χ1) is 11.4. The van der Waals surface area contributed by atoms with E-state index >= 15 is 0 Å². The Bertz CT molecular complexity index is 519. The maximum Gasteiger partial charge on any atom is 0.0785 e. The number of unbranched alkanes of at least 4 members (excludes halogenated alkanes) is 2. The Hall–Kier alpha value is -0.0813. The minimum atomic E-state index is -1.28. The zero-order chi connectivity index (χ0) is 18.4. The van der Waals surface area contributed by atoms with Crippen LogP contribution in [0.1, 0.15) is 45.1 Å². The van der Waals surface area contributed by atoms with E-state index in [0.717, 1.165) is 0 Å². The van der Waals surface area contributed by atoms with E-state index in [2.05, 4.69) is 50.7 Å².